The van der Waals surface area contributed by atoms with Gasteiger partial charge in [0, 0.05) is 12.0 Å². The molecule has 0 heterocycles. The Morgan fingerprint density at radius 3 is 2.43 bits per heavy atom. The van der Waals surface area contributed by atoms with Crippen LogP contribution in [0.3, 0.4) is 0 Å². The number of fused-ring (bicyclic) bond motifs is 1. The van der Waals surface area contributed by atoms with Crippen LogP contribution >= 0.6 is 12.4 Å². The molecule has 0 radical (unpaired) electrons. The average Bonchev–Trinajstić information content (AvgIpc) is 2.39. The van der Waals surface area contributed by atoms with Gasteiger partial charge in [-0.2, -0.15) is 0 Å². The maximum atomic E-state index is 5.72. The Hall–Kier alpha value is -0.790. The first-order valence-corrected chi connectivity index (χ1v) is 4.67. The Balaban J connectivity index is 0.000000980. The van der Waals surface area contributed by atoms with Gasteiger partial charge in [-0.05, 0) is 16.7 Å². The number of benzene rings is 1. The van der Waals surface area contributed by atoms with Crippen LogP contribution in [0, 0.1) is 0 Å². The van der Waals surface area contributed by atoms with E-state index in [1.54, 1.807) is 0 Å². The van der Waals surface area contributed by atoms with E-state index in [0.29, 0.717) is 6.54 Å². The van der Waals surface area contributed by atoms with Crippen molar-refractivity contribution < 1.29 is 0 Å². The van der Waals surface area contributed by atoms with Crippen LogP contribution in [-0.4, -0.2) is 6.54 Å². The summed E-state index contributed by atoms with van der Waals surface area (Å²) in [6.45, 7) is 5.12. The predicted molar refractivity (Wildman–Crippen MR) is 63.7 cm³/mol. The van der Waals surface area contributed by atoms with Gasteiger partial charge in [0.2, 0.25) is 0 Å². The molecule has 0 aromatic heterocycles. The first-order chi connectivity index (χ1) is 6.16. The second-order valence-electron chi connectivity index (χ2n) is 4.09. The van der Waals surface area contributed by atoms with Gasteiger partial charge in [0.25, 0.3) is 0 Å². The molecule has 14 heavy (non-hydrogen) atoms. The summed E-state index contributed by atoms with van der Waals surface area (Å²) in [5.41, 5.74) is 9.90. The van der Waals surface area contributed by atoms with Gasteiger partial charge in [-0.1, -0.05) is 44.2 Å². The molecule has 76 valence electrons. The summed E-state index contributed by atoms with van der Waals surface area (Å²) in [6.07, 6.45) is 2.22. The minimum absolute atomic E-state index is 0. The fraction of sp³-hybridized carbons (Fsp3) is 0.333. The molecule has 1 aromatic carbocycles. The fourth-order valence-corrected chi connectivity index (χ4v) is 2.05. The summed E-state index contributed by atoms with van der Waals surface area (Å²) in [6, 6.07) is 8.51. The van der Waals surface area contributed by atoms with Gasteiger partial charge in [-0.25, -0.2) is 0 Å². The highest BCUT2D eigenvalue weighted by Gasteiger charge is 2.31. The van der Waals surface area contributed by atoms with Crippen LogP contribution in [0.1, 0.15) is 25.0 Å². The Labute approximate surface area is 91.4 Å². The second-order valence-corrected chi connectivity index (χ2v) is 4.09. The van der Waals surface area contributed by atoms with E-state index in [9.17, 15) is 0 Å². The van der Waals surface area contributed by atoms with Crippen LogP contribution in [0.15, 0.2) is 29.8 Å². The van der Waals surface area contributed by atoms with Crippen LogP contribution < -0.4 is 5.73 Å². The maximum Gasteiger partial charge on any atom is 0.0148 e. The van der Waals surface area contributed by atoms with E-state index in [1.807, 2.05) is 0 Å². The molecule has 0 unspecified atom stereocenters. The Morgan fingerprint density at radius 1 is 1.21 bits per heavy atom. The highest BCUT2D eigenvalue weighted by atomic mass is 35.5. The van der Waals surface area contributed by atoms with E-state index in [1.165, 1.54) is 16.7 Å². The SMILES string of the molecule is CC1(C)C(CN)=Cc2ccccc21.Cl. The molecule has 0 amide bonds. The molecule has 0 bridgehead atoms. The van der Waals surface area contributed by atoms with Crippen molar-refractivity contribution in [2.45, 2.75) is 19.3 Å². The third kappa shape index (κ3) is 1.47. The van der Waals surface area contributed by atoms with E-state index in [4.69, 9.17) is 5.73 Å². The van der Waals surface area contributed by atoms with Gasteiger partial charge in [-0.3, -0.25) is 0 Å². The lowest BCUT2D eigenvalue weighted by Crippen LogP contribution is -2.22. The predicted octanol–water partition coefficient (Wildman–Crippen LogP) is 2.74. The topological polar surface area (TPSA) is 26.0 Å². The quantitative estimate of drug-likeness (QED) is 0.757. The number of hydrogen-bond acceptors (Lipinski definition) is 1. The molecule has 1 nitrogen and oxygen atoms in total. The fourth-order valence-electron chi connectivity index (χ4n) is 2.05. The minimum atomic E-state index is 0. The average molecular weight is 210 g/mol. The summed E-state index contributed by atoms with van der Waals surface area (Å²) in [7, 11) is 0. The molecule has 2 heteroatoms. The highest BCUT2D eigenvalue weighted by molar-refractivity contribution is 5.85. The van der Waals surface area contributed by atoms with Gasteiger partial charge in [0.1, 0.15) is 0 Å². The van der Waals surface area contributed by atoms with Crippen LogP contribution in [-0.2, 0) is 5.41 Å². The van der Waals surface area contributed by atoms with Crippen molar-refractivity contribution in [1.29, 1.82) is 0 Å². The lowest BCUT2D eigenvalue weighted by atomic mass is 9.81. The molecular weight excluding hydrogens is 194 g/mol. The van der Waals surface area contributed by atoms with E-state index < -0.39 is 0 Å². The number of nitrogens with two attached hydrogens (primary N) is 1. The van der Waals surface area contributed by atoms with Crippen molar-refractivity contribution in [1.82, 2.24) is 0 Å². The molecule has 1 aromatic rings. The van der Waals surface area contributed by atoms with Gasteiger partial charge < -0.3 is 5.73 Å². The standard InChI is InChI=1S/C12H15N.ClH/c1-12(2)10(8-13)7-9-5-3-4-6-11(9)12;/h3-7H,8,13H2,1-2H3;1H. The van der Waals surface area contributed by atoms with Crippen LogP contribution in [0.5, 0.6) is 0 Å². The second kappa shape index (κ2) is 3.76. The monoisotopic (exact) mass is 209 g/mol. The smallest absolute Gasteiger partial charge is 0.0148 e. The molecule has 1 aliphatic rings. The first kappa shape index (κ1) is 11.3. The van der Waals surface area contributed by atoms with Gasteiger partial charge >= 0.3 is 0 Å². The van der Waals surface area contributed by atoms with Crippen molar-refractivity contribution in [2.75, 3.05) is 6.54 Å². The zero-order valence-corrected chi connectivity index (χ0v) is 9.40. The third-order valence-electron chi connectivity index (χ3n) is 2.99. The Morgan fingerprint density at radius 2 is 1.86 bits per heavy atom. The van der Waals surface area contributed by atoms with Gasteiger partial charge in [-0.15, -0.1) is 12.4 Å². The van der Waals surface area contributed by atoms with Crippen molar-refractivity contribution in [2.24, 2.45) is 5.73 Å². The molecule has 0 spiro atoms. The molecule has 0 fully saturated rings. The number of rotatable bonds is 1. The van der Waals surface area contributed by atoms with Crippen molar-refractivity contribution in [3.05, 3.63) is 41.0 Å². The largest absolute Gasteiger partial charge is 0.327 e. The van der Waals surface area contributed by atoms with E-state index in [-0.39, 0.29) is 17.8 Å². The summed E-state index contributed by atoms with van der Waals surface area (Å²) >= 11 is 0. The normalized spacial score (nSPS) is 16.9. The zero-order valence-electron chi connectivity index (χ0n) is 8.58. The summed E-state index contributed by atoms with van der Waals surface area (Å²) in [5.74, 6) is 0. The summed E-state index contributed by atoms with van der Waals surface area (Å²) < 4.78 is 0. The maximum absolute atomic E-state index is 5.72. The molecule has 2 N–H and O–H groups in total. The lowest BCUT2D eigenvalue weighted by Gasteiger charge is -2.23. The van der Waals surface area contributed by atoms with Crippen molar-refractivity contribution in [3.8, 4) is 0 Å². The molecule has 0 saturated carbocycles. The first-order valence-electron chi connectivity index (χ1n) is 4.67. The Bertz CT molecular complexity index is 366. The summed E-state index contributed by atoms with van der Waals surface area (Å²) in [5, 5.41) is 0. The van der Waals surface area contributed by atoms with Gasteiger partial charge in [0.15, 0.2) is 0 Å². The van der Waals surface area contributed by atoms with Crippen LogP contribution in [0.25, 0.3) is 6.08 Å². The molecule has 0 saturated heterocycles. The van der Waals surface area contributed by atoms with Gasteiger partial charge in [0.05, 0.1) is 0 Å². The van der Waals surface area contributed by atoms with Crippen molar-refractivity contribution in [3.63, 3.8) is 0 Å². The number of halogens is 1. The van der Waals surface area contributed by atoms with E-state index in [0.717, 1.165) is 0 Å². The molecular formula is C12H16ClN. The molecule has 1 aliphatic carbocycles. The highest BCUT2D eigenvalue weighted by Crippen LogP contribution is 2.40. The molecule has 0 atom stereocenters. The number of hydrogen-bond donors (Lipinski definition) is 1. The lowest BCUT2D eigenvalue weighted by molar-refractivity contribution is 0.627. The zero-order chi connectivity index (χ0) is 9.47. The van der Waals surface area contributed by atoms with E-state index >= 15 is 0 Å². The van der Waals surface area contributed by atoms with Crippen LogP contribution in [0.4, 0.5) is 0 Å². The van der Waals surface area contributed by atoms with E-state index in [2.05, 4.69) is 44.2 Å². The summed E-state index contributed by atoms with van der Waals surface area (Å²) in [4.78, 5) is 0. The molecule has 2 rings (SSSR count). The van der Waals surface area contributed by atoms with Crippen molar-refractivity contribution >= 4 is 18.5 Å². The minimum Gasteiger partial charge on any atom is -0.327 e. The Kier molecular flexibility index (Phi) is 3.03. The van der Waals surface area contributed by atoms with Crippen LogP contribution in [0.2, 0.25) is 0 Å². The molecule has 0 aliphatic heterocycles. The third-order valence-corrected chi connectivity index (χ3v) is 2.99.